The van der Waals surface area contributed by atoms with Crippen LogP contribution in [0.1, 0.15) is 71.6 Å². The molecule has 0 aromatic heterocycles. The number of fused-ring (bicyclic) bond motifs is 5. The van der Waals surface area contributed by atoms with Crippen LogP contribution in [0.3, 0.4) is 0 Å². The van der Waals surface area contributed by atoms with Crippen LogP contribution in [0.2, 0.25) is 0 Å². The molecule has 0 radical (unpaired) electrons. The van der Waals surface area contributed by atoms with E-state index in [-0.39, 0.29) is 5.41 Å². The summed E-state index contributed by atoms with van der Waals surface area (Å²) in [6, 6.07) is 0. The Morgan fingerprint density at radius 1 is 1.09 bits per heavy atom. The van der Waals surface area contributed by atoms with Crippen molar-refractivity contribution in [3.63, 3.8) is 0 Å². The number of carbonyl (C=O) groups is 1. The number of ketones is 1. The van der Waals surface area contributed by atoms with Crippen LogP contribution in [0.4, 0.5) is 0 Å². The summed E-state index contributed by atoms with van der Waals surface area (Å²) in [5.74, 6) is 4.11. The fraction of sp³-hybridized carbons (Fsp3) is 0.900. The van der Waals surface area contributed by atoms with Crippen molar-refractivity contribution in [1.29, 1.82) is 5.41 Å². The molecule has 0 aromatic rings. The van der Waals surface area contributed by atoms with E-state index in [4.69, 9.17) is 5.41 Å². The molecule has 0 spiro atoms. The van der Waals surface area contributed by atoms with Gasteiger partial charge in [-0.05, 0) is 73.5 Å². The standard InChI is InChI=1S/C20H31NO/c1-13-11-14-16(19(2)9-4-3-5-15(13)19)8-10-20(12-21)17(14)6-7-18(20)22/h12-17,21H,3-11H2,1-2H3/t13-,14+,15?,16-,17-,19-,20+/m0/s1. The number of hydrogen-bond acceptors (Lipinski definition) is 2. The minimum absolute atomic E-state index is 0.362. The third-order valence-electron chi connectivity index (χ3n) is 8.53. The van der Waals surface area contributed by atoms with E-state index < -0.39 is 0 Å². The molecule has 0 bridgehead atoms. The lowest BCUT2D eigenvalue weighted by molar-refractivity contribution is -0.137. The lowest BCUT2D eigenvalue weighted by Gasteiger charge is -2.61. The molecule has 0 saturated heterocycles. The summed E-state index contributed by atoms with van der Waals surface area (Å²) < 4.78 is 0. The fourth-order valence-electron chi connectivity index (χ4n) is 7.57. The summed E-state index contributed by atoms with van der Waals surface area (Å²) in [5, 5.41) is 7.99. The molecule has 22 heavy (non-hydrogen) atoms. The second kappa shape index (κ2) is 4.92. The molecule has 1 N–H and O–H groups in total. The van der Waals surface area contributed by atoms with Crippen LogP contribution in [0.25, 0.3) is 0 Å². The van der Waals surface area contributed by atoms with Crippen molar-refractivity contribution in [1.82, 2.24) is 0 Å². The monoisotopic (exact) mass is 301 g/mol. The minimum atomic E-state index is -0.362. The summed E-state index contributed by atoms with van der Waals surface area (Å²) in [6.07, 6.45) is 12.5. The molecule has 2 heteroatoms. The minimum Gasteiger partial charge on any atom is -0.312 e. The predicted molar refractivity (Wildman–Crippen MR) is 89.0 cm³/mol. The second-order valence-corrected chi connectivity index (χ2v) is 9.13. The third-order valence-corrected chi connectivity index (χ3v) is 8.53. The number of rotatable bonds is 1. The molecule has 1 unspecified atom stereocenters. The smallest absolute Gasteiger partial charge is 0.144 e. The van der Waals surface area contributed by atoms with Gasteiger partial charge in [-0.3, -0.25) is 4.79 Å². The van der Waals surface area contributed by atoms with Crippen molar-refractivity contribution in [2.45, 2.75) is 71.6 Å². The van der Waals surface area contributed by atoms with Crippen LogP contribution >= 0.6 is 0 Å². The van der Waals surface area contributed by atoms with Crippen LogP contribution in [0, 0.1) is 45.8 Å². The van der Waals surface area contributed by atoms with Gasteiger partial charge < -0.3 is 5.41 Å². The van der Waals surface area contributed by atoms with Gasteiger partial charge >= 0.3 is 0 Å². The van der Waals surface area contributed by atoms with Gasteiger partial charge in [-0.25, -0.2) is 0 Å². The maximum Gasteiger partial charge on any atom is 0.144 e. The molecule has 4 rings (SSSR count). The average Bonchev–Trinajstić information content (AvgIpc) is 2.85. The van der Waals surface area contributed by atoms with E-state index in [1.165, 1.54) is 38.5 Å². The van der Waals surface area contributed by atoms with Gasteiger partial charge in [0, 0.05) is 12.6 Å². The van der Waals surface area contributed by atoms with E-state index in [1.807, 2.05) is 0 Å². The Hall–Kier alpha value is -0.660. The van der Waals surface area contributed by atoms with Crippen LogP contribution in [-0.2, 0) is 4.79 Å². The Bertz CT molecular complexity index is 500. The van der Waals surface area contributed by atoms with Gasteiger partial charge in [0.05, 0.1) is 5.41 Å². The second-order valence-electron chi connectivity index (χ2n) is 9.13. The Kier molecular flexibility index (Phi) is 3.33. The lowest BCUT2D eigenvalue weighted by atomic mass is 9.43. The van der Waals surface area contributed by atoms with E-state index >= 15 is 0 Å². The highest BCUT2D eigenvalue weighted by atomic mass is 16.1. The summed E-state index contributed by atoms with van der Waals surface area (Å²) >= 11 is 0. The molecule has 0 heterocycles. The maximum atomic E-state index is 12.5. The zero-order valence-electron chi connectivity index (χ0n) is 14.2. The van der Waals surface area contributed by atoms with Gasteiger partial charge in [0.25, 0.3) is 0 Å². The lowest BCUT2D eigenvalue weighted by Crippen LogP contribution is -2.56. The molecule has 122 valence electrons. The number of nitrogens with one attached hydrogen (secondary N) is 1. The predicted octanol–water partition coefficient (Wildman–Crippen LogP) is 4.86. The van der Waals surface area contributed by atoms with Crippen LogP contribution < -0.4 is 0 Å². The molecule has 0 aliphatic heterocycles. The van der Waals surface area contributed by atoms with E-state index in [0.717, 1.165) is 37.0 Å². The van der Waals surface area contributed by atoms with Gasteiger partial charge in [0.1, 0.15) is 5.78 Å². The molecular formula is C20H31NO. The molecular weight excluding hydrogens is 270 g/mol. The fourth-order valence-corrected chi connectivity index (χ4v) is 7.57. The Morgan fingerprint density at radius 3 is 2.68 bits per heavy atom. The zero-order chi connectivity index (χ0) is 15.5. The van der Waals surface area contributed by atoms with Crippen molar-refractivity contribution >= 4 is 12.0 Å². The molecule has 4 fully saturated rings. The maximum absolute atomic E-state index is 12.5. The van der Waals surface area contributed by atoms with Crippen LogP contribution in [-0.4, -0.2) is 12.0 Å². The van der Waals surface area contributed by atoms with E-state index in [9.17, 15) is 4.79 Å². The molecule has 0 aromatic carbocycles. The van der Waals surface area contributed by atoms with Crippen molar-refractivity contribution < 1.29 is 4.79 Å². The van der Waals surface area contributed by atoms with Crippen molar-refractivity contribution in [2.24, 2.45) is 40.4 Å². The first kappa shape index (κ1) is 14.9. The highest BCUT2D eigenvalue weighted by Crippen LogP contribution is 2.66. The van der Waals surface area contributed by atoms with E-state index in [0.29, 0.717) is 23.0 Å². The molecule has 4 aliphatic carbocycles. The van der Waals surface area contributed by atoms with Gasteiger partial charge in [0.2, 0.25) is 0 Å². The SMILES string of the molecule is C[C@H]1C[C@@H]2[C@H](CC[C@]3(C=N)C(=O)CC[C@@H]23)[C@@]2(C)CCCCC12. The summed E-state index contributed by atoms with van der Waals surface area (Å²) in [4.78, 5) is 12.5. The average molecular weight is 301 g/mol. The normalized spacial score (nSPS) is 54.3. The first-order valence-corrected chi connectivity index (χ1v) is 9.58. The molecule has 0 amide bonds. The van der Waals surface area contributed by atoms with E-state index in [1.54, 1.807) is 6.21 Å². The molecule has 2 nitrogen and oxygen atoms in total. The highest BCUT2D eigenvalue weighted by molar-refractivity contribution is 6.01. The van der Waals surface area contributed by atoms with Crippen LogP contribution in [0.5, 0.6) is 0 Å². The molecule has 4 aliphatic rings. The van der Waals surface area contributed by atoms with Gasteiger partial charge in [-0.15, -0.1) is 0 Å². The number of hydrogen-bond donors (Lipinski definition) is 1. The number of carbonyl (C=O) groups excluding carboxylic acids is 1. The largest absolute Gasteiger partial charge is 0.312 e. The van der Waals surface area contributed by atoms with Crippen molar-refractivity contribution in [3.8, 4) is 0 Å². The Balaban J connectivity index is 1.71. The zero-order valence-corrected chi connectivity index (χ0v) is 14.2. The third kappa shape index (κ3) is 1.73. The summed E-state index contributed by atoms with van der Waals surface area (Å²) in [7, 11) is 0. The van der Waals surface area contributed by atoms with Crippen molar-refractivity contribution in [3.05, 3.63) is 0 Å². The van der Waals surface area contributed by atoms with Crippen LogP contribution in [0.15, 0.2) is 0 Å². The quantitative estimate of drug-likeness (QED) is 0.690. The Labute approximate surface area is 134 Å². The van der Waals surface area contributed by atoms with E-state index in [2.05, 4.69) is 13.8 Å². The van der Waals surface area contributed by atoms with Crippen molar-refractivity contribution in [2.75, 3.05) is 0 Å². The topological polar surface area (TPSA) is 40.9 Å². The van der Waals surface area contributed by atoms with Gasteiger partial charge in [-0.2, -0.15) is 0 Å². The number of Topliss-reactive ketones (excluding diaryl/α,β-unsaturated/α-hetero) is 1. The molecule has 4 saturated carbocycles. The first-order valence-electron chi connectivity index (χ1n) is 9.58. The summed E-state index contributed by atoms with van der Waals surface area (Å²) in [5.41, 5.74) is 0.152. The highest BCUT2D eigenvalue weighted by Gasteiger charge is 2.61. The van der Waals surface area contributed by atoms with Gasteiger partial charge in [0.15, 0.2) is 0 Å². The first-order chi connectivity index (χ1) is 10.5. The summed E-state index contributed by atoms with van der Waals surface area (Å²) in [6.45, 7) is 5.06. The van der Waals surface area contributed by atoms with Gasteiger partial charge in [-0.1, -0.05) is 26.7 Å². The Morgan fingerprint density at radius 2 is 1.91 bits per heavy atom. The molecule has 7 atom stereocenters.